The van der Waals surface area contributed by atoms with Gasteiger partial charge in [0.15, 0.2) is 0 Å². The Bertz CT molecular complexity index is 1280. The van der Waals surface area contributed by atoms with Crippen molar-refractivity contribution in [1.82, 2.24) is 24.6 Å². The Labute approximate surface area is 196 Å². The normalized spacial score (nSPS) is 15.6. The minimum atomic E-state index is -0.435. The fourth-order valence-electron chi connectivity index (χ4n) is 3.99. The first kappa shape index (κ1) is 21.6. The molecule has 5 rings (SSSR count). The minimum absolute atomic E-state index is 0.0653. The largest absolute Gasteiger partial charge is 0.379 e. The number of imidazole rings is 1. The predicted octanol–water partition coefficient (Wildman–Crippen LogP) is 3.56. The molecule has 4 aromatic rings. The number of aromatic amines is 1. The van der Waals surface area contributed by atoms with Crippen LogP contribution in [0.15, 0.2) is 59.5 Å². The fraction of sp³-hybridized carbons (Fsp3) is 0.292. The lowest BCUT2D eigenvalue weighted by atomic mass is 10.0. The van der Waals surface area contributed by atoms with Gasteiger partial charge in [-0.05, 0) is 24.6 Å². The zero-order valence-corrected chi connectivity index (χ0v) is 19.0. The number of H-pyrrole nitrogens is 1. The molecular formula is C24H25ClN6O2. The van der Waals surface area contributed by atoms with Gasteiger partial charge in [0.25, 0.3) is 5.56 Å². The summed E-state index contributed by atoms with van der Waals surface area (Å²) in [7, 11) is 0. The molecule has 0 saturated carbocycles. The number of hydrogen-bond donors (Lipinski definition) is 2. The average Bonchev–Trinajstić information content (AvgIpc) is 3.27. The standard InChI is InChI=1S/C24H25ClN6O2/c1-16-6-8-17(9-7-16)21(15-30-10-12-33-13-11-30)27-20-14-26-31(23(32)22(20)25)24-28-18-4-2-3-5-19(18)29-24/h2-9,14,21,27H,10-13,15H2,1H3,(H,28,29). The Morgan fingerprint density at radius 2 is 1.91 bits per heavy atom. The van der Waals surface area contributed by atoms with Crippen molar-refractivity contribution in [2.75, 3.05) is 38.2 Å². The van der Waals surface area contributed by atoms with Gasteiger partial charge in [-0.1, -0.05) is 53.6 Å². The lowest BCUT2D eigenvalue weighted by Gasteiger charge is -2.31. The van der Waals surface area contributed by atoms with Crippen LogP contribution in [0.5, 0.6) is 0 Å². The summed E-state index contributed by atoms with van der Waals surface area (Å²) in [5.74, 6) is 0.332. The summed E-state index contributed by atoms with van der Waals surface area (Å²) in [6, 6.07) is 15.9. The van der Waals surface area contributed by atoms with Gasteiger partial charge in [-0.2, -0.15) is 9.78 Å². The minimum Gasteiger partial charge on any atom is -0.379 e. The number of halogens is 1. The number of rotatable bonds is 6. The number of anilines is 1. The van der Waals surface area contributed by atoms with E-state index in [1.807, 2.05) is 24.3 Å². The van der Waals surface area contributed by atoms with E-state index in [0.717, 1.165) is 49.4 Å². The van der Waals surface area contributed by atoms with E-state index in [9.17, 15) is 4.79 Å². The second-order valence-corrected chi connectivity index (χ2v) is 8.57. The Kier molecular flexibility index (Phi) is 6.13. The molecule has 2 N–H and O–H groups in total. The molecule has 1 aliphatic rings. The quantitative estimate of drug-likeness (QED) is 0.453. The van der Waals surface area contributed by atoms with Gasteiger partial charge in [0.1, 0.15) is 5.02 Å². The maximum atomic E-state index is 13.1. The summed E-state index contributed by atoms with van der Waals surface area (Å²) in [6.07, 6.45) is 1.58. The summed E-state index contributed by atoms with van der Waals surface area (Å²) in [5, 5.41) is 7.87. The van der Waals surface area contributed by atoms with E-state index in [-0.39, 0.29) is 11.1 Å². The lowest BCUT2D eigenvalue weighted by molar-refractivity contribution is 0.0361. The lowest BCUT2D eigenvalue weighted by Crippen LogP contribution is -2.40. The molecule has 0 radical (unpaired) electrons. The first-order chi connectivity index (χ1) is 16.1. The van der Waals surface area contributed by atoms with Crippen molar-refractivity contribution in [2.45, 2.75) is 13.0 Å². The highest BCUT2D eigenvalue weighted by Gasteiger charge is 2.21. The summed E-state index contributed by atoms with van der Waals surface area (Å²) < 4.78 is 6.68. The molecule has 0 spiro atoms. The molecule has 8 nitrogen and oxygen atoms in total. The molecule has 3 heterocycles. The molecule has 1 aliphatic heterocycles. The molecule has 0 bridgehead atoms. The Morgan fingerprint density at radius 3 is 2.67 bits per heavy atom. The van der Waals surface area contributed by atoms with Crippen LogP contribution < -0.4 is 10.9 Å². The van der Waals surface area contributed by atoms with E-state index in [0.29, 0.717) is 11.6 Å². The molecule has 1 saturated heterocycles. The average molecular weight is 465 g/mol. The molecule has 1 fully saturated rings. The number of benzene rings is 2. The number of morpholine rings is 1. The van der Waals surface area contributed by atoms with Crippen LogP contribution in [0.4, 0.5) is 5.69 Å². The van der Waals surface area contributed by atoms with Crippen LogP contribution >= 0.6 is 11.6 Å². The Hall–Kier alpha value is -3.20. The molecule has 170 valence electrons. The van der Waals surface area contributed by atoms with Crippen LogP contribution in [0.1, 0.15) is 17.2 Å². The van der Waals surface area contributed by atoms with E-state index in [2.05, 4.69) is 56.5 Å². The number of para-hydroxylation sites is 2. The van der Waals surface area contributed by atoms with Gasteiger partial charge in [-0.15, -0.1) is 0 Å². The summed E-state index contributed by atoms with van der Waals surface area (Å²) >= 11 is 6.54. The first-order valence-electron chi connectivity index (χ1n) is 10.9. The van der Waals surface area contributed by atoms with Gasteiger partial charge < -0.3 is 15.0 Å². The number of fused-ring (bicyclic) bond motifs is 1. The third-order valence-electron chi connectivity index (χ3n) is 5.85. The van der Waals surface area contributed by atoms with Gasteiger partial charge in [-0.3, -0.25) is 9.69 Å². The van der Waals surface area contributed by atoms with Crippen molar-refractivity contribution in [3.05, 3.63) is 81.2 Å². The van der Waals surface area contributed by atoms with E-state index >= 15 is 0 Å². The van der Waals surface area contributed by atoms with Gasteiger partial charge in [0.2, 0.25) is 5.95 Å². The molecule has 1 atom stereocenters. The van der Waals surface area contributed by atoms with Crippen molar-refractivity contribution >= 4 is 28.3 Å². The second-order valence-electron chi connectivity index (χ2n) is 8.19. The number of nitrogens with zero attached hydrogens (tertiary/aromatic N) is 4. The monoisotopic (exact) mass is 464 g/mol. The highest BCUT2D eigenvalue weighted by molar-refractivity contribution is 6.33. The van der Waals surface area contributed by atoms with Gasteiger partial charge >= 0.3 is 0 Å². The summed E-state index contributed by atoms with van der Waals surface area (Å²) in [5.41, 5.74) is 3.94. The van der Waals surface area contributed by atoms with Crippen molar-refractivity contribution < 1.29 is 4.74 Å². The Balaban J connectivity index is 1.45. The zero-order valence-electron chi connectivity index (χ0n) is 18.3. The number of hydrogen-bond acceptors (Lipinski definition) is 6. The van der Waals surface area contributed by atoms with Crippen molar-refractivity contribution in [3.8, 4) is 5.95 Å². The molecule has 9 heteroatoms. The van der Waals surface area contributed by atoms with E-state index in [4.69, 9.17) is 16.3 Å². The number of aryl methyl sites for hydroxylation is 1. The molecule has 33 heavy (non-hydrogen) atoms. The number of aromatic nitrogens is 4. The van der Waals surface area contributed by atoms with Crippen LogP contribution in [0.3, 0.4) is 0 Å². The SMILES string of the molecule is Cc1ccc(C(CN2CCOCC2)Nc2cnn(-c3nc4ccccc4[nH]3)c(=O)c2Cl)cc1. The third-order valence-corrected chi connectivity index (χ3v) is 6.22. The summed E-state index contributed by atoms with van der Waals surface area (Å²) in [4.78, 5) is 23.0. The zero-order chi connectivity index (χ0) is 22.8. The molecule has 2 aromatic heterocycles. The van der Waals surface area contributed by atoms with E-state index in [1.165, 1.54) is 10.2 Å². The van der Waals surface area contributed by atoms with Gasteiger partial charge in [-0.25, -0.2) is 4.98 Å². The third kappa shape index (κ3) is 4.64. The molecular weight excluding hydrogens is 440 g/mol. The van der Waals surface area contributed by atoms with Crippen molar-refractivity contribution in [3.63, 3.8) is 0 Å². The van der Waals surface area contributed by atoms with Gasteiger partial charge in [0.05, 0.1) is 42.2 Å². The maximum Gasteiger partial charge on any atom is 0.295 e. The molecule has 0 amide bonds. The second kappa shape index (κ2) is 9.35. The van der Waals surface area contributed by atoms with Crippen molar-refractivity contribution in [1.29, 1.82) is 0 Å². The maximum absolute atomic E-state index is 13.1. The molecule has 0 aliphatic carbocycles. The highest BCUT2D eigenvalue weighted by atomic mass is 35.5. The van der Waals surface area contributed by atoms with Crippen LogP contribution in [0.2, 0.25) is 5.02 Å². The highest BCUT2D eigenvalue weighted by Crippen LogP contribution is 2.25. The topological polar surface area (TPSA) is 88.1 Å². The first-order valence-corrected chi connectivity index (χ1v) is 11.3. The number of ether oxygens (including phenoxy) is 1. The van der Waals surface area contributed by atoms with Crippen LogP contribution in [-0.4, -0.2) is 57.5 Å². The van der Waals surface area contributed by atoms with Crippen LogP contribution in [0, 0.1) is 6.92 Å². The van der Waals surface area contributed by atoms with Gasteiger partial charge in [0, 0.05) is 19.6 Å². The Morgan fingerprint density at radius 1 is 1.15 bits per heavy atom. The van der Waals surface area contributed by atoms with E-state index < -0.39 is 5.56 Å². The number of nitrogens with one attached hydrogen (secondary N) is 2. The van der Waals surface area contributed by atoms with Crippen molar-refractivity contribution in [2.24, 2.45) is 0 Å². The predicted molar refractivity (Wildman–Crippen MR) is 129 cm³/mol. The van der Waals surface area contributed by atoms with Crippen LogP contribution in [0.25, 0.3) is 17.0 Å². The van der Waals surface area contributed by atoms with E-state index in [1.54, 1.807) is 6.20 Å². The van der Waals surface area contributed by atoms with Crippen LogP contribution in [-0.2, 0) is 4.74 Å². The smallest absolute Gasteiger partial charge is 0.295 e. The molecule has 2 aromatic carbocycles. The fourth-order valence-corrected chi connectivity index (χ4v) is 4.17. The summed E-state index contributed by atoms with van der Waals surface area (Å²) in [6.45, 7) is 5.99. The molecule has 1 unspecified atom stereocenters.